The summed E-state index contributed by atoms with van der Waals surface area (Å²) in [7, 11) is 0. The molecule has 0 unspecified atom stereocenters. The van der Waals surface area contributed by atoms with Gasteiger partial charge in [-0.3, -0.25) is 0 Å². The molecule has 20 heavy (non-hydrogen) atoms. The van der Waals surface area contributed by atoms with Crippen molar-refractivity contribution < 1.29 is 29.2 Å². The lowest BCUT2D eigenvalue weighted by atomic mass is 10.2. The van der Waals surface area contributed by atoms with Crippen LogP contribution in [0, 0.1) is 0 Å². The third-order valence-corrected chi connectivity index (χ3v) is 2.33. The SMILES string of the molecule is OCCOCCOc1ccc(COCOCCO)cc1. The Balaban J connectivity index is 2.13. The first kappa shape index (κ1) is 16.9. The van der Waals surface area contributed by atoms with Crippen molar-refractivity contribution in [1.82, 2.24) is 0 Å². The van der Waals surface area contributed by atoms with Gasteiger partial charge in [-0.2, -0.15) is 0 Å². The molecular weight excluding hydrogens is 264 g/mol. The van der Waals surface area contributed by atoms with Gasteiger partial charge >= 0.3 is 0 Å². The van der Waals surface area contributed by atoms with Gasteiger partial charge in [0.1, 0.15) is 19.1 Å². The van der Waals surface area contributed by atoms with E-state index >= 15 is 0 Å². The summed E-state index contributed by atoms with van der Waals surface area (Å²) >= 11 is 0. The molecule has 6 nitrogen and oxygen atoms in total. The predicted octanol–water partition coefficient (Wildman–Crippen LogP) is 0.557. The largest absolute Gasteiger partial charge is 0.491 e. The van der Waals surface area contributed by atoms with Crippen LogP contribution in [0.4, 0.5) is 0 Å². The van der Waals surface area contributed by atoms with Crippen LogP contribution in [0.2, 0.25) is 0 Å². The number of aliphatic hydroxyl groups excluding tert-OH is 2. The summed E-state index contributed by atoms with van der Waals surface area (Å²) in [4.78, 5) is 0. The topological polar surface area (TPSA) is 77.4 Å². The van der Waals surface area contributed by atoms with Crippen LogP contribution in [0.5, 0.6) is 5.75 Å². The van der Waals surface area contributed by atoms with Crippen molar-refractivity contribution in [1.29, 1.82) is 0 Å². The molecule has 6 heteroatoms. The fourth-order valence-electron chi connectivity index (χ4n) is 1.41. The number of hydrogen-bond acceptors (Lipinski definition) is 6. The Kier molecular flexibility index (Phi) is 9.81. The van der Waals surface area contributed by atoms with Crippen molar-refractivity contribution in [2.24, 2.45) is 0 Å². The van der Waals surface area contributed by atoms with E-state index in [9.17, 15) is 0 Å². The molecule has 2 N–H and O–H groups in total. The van der Waals surface area contributed by atoms with Crippen LogP contribution in [0.3, 0.4) is 0 Å². The highest BCUT2D eigenvalue weighted by atomic mass is 16.7. The van der Waals surface area contributed by atoms with E-state index in [0.717, 1.165) is 11.3 Å². The van der Waals surface area contributed by atoms with Crippen LogP contribution < -0.4 is 4.74 Å². The number of hydrogen-bond donors (Lipinski definition) is 2. The Morgan fingerprint density at radius 1 is 0.750 bits per heavy atom. The maximum absolute atomic E-state index is 8.53. The van der Waals surface area contributed by atoms with Gasteiger partial charge in [0.2, 0.25) is 0 Å². The molecule has 0 radical (unpaired) electrons. The van der Waals surface area contributed by atoms with Gasteiger partial charge in [-0.05, 0) is 17.7 Å². The van der Waals surface area contributed by atoms with Gasteiger partial charge in [0.05, 0.1) is 39.6 Å². The van der Waals surface area contributed by atoms with E-state index in [0.29, 0.717) is 26.4 Å². The van der Waals surface area contributed by atoms with E-state index in [-0.39, 0.29) is 26.6 Å². The number of rotatable bonds is 12. The van der Waals surface area contributed by atoms with E-state index in [1.54, 1.807) is 0 Å². The summed E-state index contributed by atoms with van der Waals surface area (Å²) < 4.78 is 20.8. The minimum absolute atomic E-state index is 0.00256. The highest BCUT2D eigenvalue weighted by Crippen LogP contribution is 2.12. The molecule has 0 aliphatic carbocycles. The average Bonchev–Trinajstić information content (AvgIpc) is 2.48. The lowest BCUT2D eigenvalue weighted by Gasteiger charge is -2.08. The number of ether oxygens (including phenoxy) is 4. The lowest BCUT2D eigenvalue weighted by molar-refractivity contribution is -0.0693. The zero-order valence-electron chi connectivity index (χ0n) is 11.5. The molecule has 0 saturated heterocycles. The van der Waals surface area contributed by atoms with E-state index in [1.165, 1.54) is 0 Å². The van der Waals surface area contributed by atoms with Gasteiger partial charge in [-0.15, -0.1) is 0 Å². The monoisotopic (exact) mass is 286 g/mol. The smallest absolute Gasteiger partial charge is 0.147 e. The fraction of sp³-hybridized carbons (Fsp3) is 0.571. The molecule has 0 atom stereocenters. The predicted molar refractivity (Wildman–Crippen MR) is 72.5 cm³/mol. The molecule has 0 bridgehead atoms. The van der Waals surface area contributed by atoms with E-state index in [1.807, 2.05) is 24.3 Å². The second-order valence-corrected chi connectivity index (χ2v) is 3.93. The number of benzene rings is 1. The van der Waals surface area contributed by atoms with Crippen molar-refractivity contribution in [3.8, 4) is 5.75 Å². The highest BCUT2D eigenvalue weighted by Gasteiger charge is 1.97. The quantitative estimate of drug-likeness (QED) is 0.432. The molecule has 114 valence electrons. The maximum atomic E-state index is 8.53. The third-order valence-electron chi connectivity index (χ3n) is 2.33. The van der Waals surface area contributed by atoms with E-state index in [4.69, 9.17) is 29.2 Å². The molecule has 1 aromatic carbocycles. The Morgan fingerprint density at radius 2 is 1.45 bits per heavy atom. The molecule has 1 aromatic rings. The first-order chi connectivity index (χ1) is 9.86. The third kappa shape index (κ3) is 8.08. The summed E-state index contributed by atoms with van der Waals surface area (Å²) in [5.41, 5.74) is 1.02. The molecule has 0 heterocycles. The highest BCUT2D eigenvalue weighted by molar-refractivity contribution is 5.26. The van der Waals surface area contributed by atoms with Crippen LogP contribution in [0.25, 0.3) is 0 Å². The average molecular weight is 286 g/mol. The van der Waals surface area contributed by atoms with Gasteiger partial charge in [0.25, 0.3) is 0 Å². The Labute approximate surface area is 118 Å². The van der Waals surface area contributed by atoms with E-state index < -0.39 is 0 Å². The maximum Gasteiger partial charge on any atom is 0.147 e. The Morgan fingerprint density at radius 3 is 2.15 bits per heavy atom. The summed E-state index contributed by atoms with van der Waals surface area (Å²) in [6, 6.07) is 7.55. The molecule has 0 fully saturated rings. The van der Waals surface area contributed by atoms with Crippen molar-refractivity contribution in [2.45, 2.75) is 6.61 Å². The Hall–Kier alpha value is -1.18. The molecule has 0 amide bonds. The van der Waals surface area contributed by atoms with Crippen LogP contribution >= 0.6 is 0 Å². The van der Waals surface area contributed by atoms with E-state index in [2.05, 4.69) is 0 Å². The standard InChI is InChI=1S/C14H22O6/c15-5-7-17-9-10-20-14-3-1-13(2-4-14)11-19-12-18-8-6-16/h1-4,15-16H,5-12H2. The zero-order chi connectivity index (χ0) is 14.5. The summed E-state index contributed by atoms with van der Waals surface area (Å²) in [6.07, 6.45) is 0. The fourth-order valence-corrected chi connectivity index (χ4v) is 1.41. The first-order valence-corrected chi connectivity index (χ1v) is 6.53. The molecule has 0 saturated carbocycles. The molecule has 1 rings (SSSR count). The Bertz CT molecular complexity index is 294. The minimum Gasteiger partial charge on any atom is -0.491 e. The second kappa shape index (κ2) is 11.6. The van der Waals surface area contributed by atoms with Gasteiger partial charge in [-0.1, -0.05) is 12.1 Å². The van der Waals surface area contributed by atoms with Crippen molar-refractivity contribution >= 4 is 0 Å². The van der Waals surface area contributed by atoms with Crippen molar-refractivity contribution in [3.63, 3.8) is 0 Å². The van der Waals surface area contributed by atoms with Crippen LogP contribution in [-0.4, -0.2) is 56.6 Å². The van der Waals surface area contributed by atoms with Crippen LogP contribution in [0.1, 0.15) is 5.56 Å². The molecule has 0 aliphatic heterocycles. The zero-order valence-corrected chi connectivity index (χ0v) is 11.5. The van der Waals surface area contributed by atoms with Gasteiger partial charge in [0.15, 0.2) is 0 Å². The number of aliphatic hydroxyl groups is 2. The van der Waals surface area contributed by atoms with Gasteiger partial charge in [0, 0.05) is 0 Å². The molecule has 0 aromatic heterocycles. The van der Waals surface area contributed by atoms with Gasteiger partial charge in [-0.25, -0.2) is 0 Å². The van der Waals surface area contributed by atoms with Crippen molar-refractivity contribution in [2.75, 3.05) is 46.4 Å². The van der Waals surface area contributed by atoms with Crippen molar-refractivity contribution in [3.05, 3.63) is 29.8 Å². The first-order valence-electron chi connectivity index (χ1n) is 6.53. The lowest BCUT2D eigenvalue weighted by Crippen LogP contribution is -2.09. The second-order valence-electron chi connectivity index (χ2n) is 3.93. The van der Waals surface area contributed by atoms with Gasteiger partial charge < -0.3 is 29.2 Å². The molecule has 0 spiro atoms. The van der Waals surface area contributed by atoms with Crippen LogP contribution in [0.15, 0.2) is 24.3 Å². The minimum atomic E-state index is -0.00256. The molecule has 0 aliphatic rings. The summed E-state index contributed by atoms with van der Waals surface area (Å²) in [5, 5.41) is 17.0. The summed E-state index contributed by atoms with van der Waals surface area (Å²) in [6.45, 7) is 2.15. The van der Waals surface area contributed by atoms with Crippen LogP contribution in [-0.2, 0) is 20.8 Å². The molecular formula is C14H22O6. The normalized spacial score (nSPS) is 10.7. The summed E-state index contributed by atoms with van der Waals surface area (Å²) in [5.74, 6) is 0.762.